The van der Waals surface area contributed by atoms with Crippen LogP contribution in [0.4, 0.5) is 4.79 Å². The third-order valence-corrected chi connectivity index (χ3v) is 10.3. The monoisotopic (exact) mass is 645 g/mol. The summed E-state index contributed by atoms with van der Waals surface area (Å²) in [5, 5.41) is 4.96. The normalized spacial score (nSPS) is 30.0. The highest BCUT2D eigenvalue weighted by atomic mass is 32.2. The molecule has 14 heteroatoms. The highest BCUT2D eigenvalue weighted by Crippen LogP contribution is 2.46. The maximum absolute atomic E-state index is 14.1. The van der Waals surface area contributed by atoms with Gasteiger partial charge in [-0.15, -0.1) is 0 Å². The minimum atomic E-state index is -3.85. The molecule has 1 aromatic rings. The lowest BCUT2D eigenvalue weighted by Crippen LogP contribution is -2.58. The van der Waals surface area contributed by atoms with Crippen LogP contribution in [0.2, 0.25) is 0 Å². The molecule has 0 aromatic carbocycles. The van der Waals surface area contributed by atoms with Crippen molar-refractivity contribution in [3.8, 4) is 5.75 Å². The first-order valence-corrected chi connectivity index (χ1v) is 17.2. The molecule has 4 amide bonds. The van der Waals surface area contributed by atoms with Gasteiger partial charge in [0.25, 0.3) is 5.91 Å². The van der Waals surface area contributed by atoms with Gasteiger partial charge in [0.2, 0.25) is 21.8 Å². The van der Waals surface area contributed by atoms with Crippen LogP contribution in [0.25, 0.3) is 0 Å². The molecule has 0 bridgehead atoms. The third kappa shape index (κ3) is 8.13. The molecule has 2 aliphatic heterocycles. The zero-order valence-electron chi connectivity index (χ0n) is 26.0. The maximum Gasteiger partial charge on any atom is 0.408 e. The van der Waals surface area contributed by atoms with E-state index in [1.54, 1.807) is 45.3 Å². The lowest BCUT2D eigenvalue weighted by atomic mass is 10.0. The van der Waals surface area contributed by atoms with E-state index in [-0.39, 0.29) is 19.4 Å². The minimum Gasteiger partial charge on any atom is -0.488 e. The molecular weight excluding hydrogens is 602 g/mol. The SMILES string of the molecule is CC(C)(C)OC(=O)N[C@H]1CCCCC/C=C\C2C[C@@]2(C(=O)NS(=O)(=O)C2CC2)NC(=O)[C@@H]2C[C@@H](Oc3ccncc3)CN2C1=O. The number of sulfonamides is 1. The van der Waals surface area contributed by atoms with Crippen molar-refractivity contribution in [1.82, 2.24) is 25.2 Å². The molecule has 13 nitrogen and oxygen atoms in total. The van der Waals surface area contributed by atoms with E-state index in [0.717, 1.165) is 12.8 Å². The highest BCUT2D eigenvalue weighted by molar-refractivity contribution is 7.91. The van der Waals surface area contributed by atoms with Crippen molar-refractivity contribution < 1.29 is 37.1 Å². The van der Waals surface area contributed by atoms with Gasteiger partial charge in [0.05, 0.1) is 11.8 Å². The van der Waals surface area contributed by atoms with Gasteiger partial charge in [0.15, 0.2) is 0 Å². The number of amides is 4. The highest BCUT2D eigenvalue weighted by Gasteiger charge is 2.62. The molecule has 1 unspecified atom stereocenters. The molecule has 2 aliphatic carbocycles. The van der Waals surface area contributed by atoms with Gasteiger partial charge in [-0.2, -0.15) is 0 Å². The summed E-state index contributed by atoms with van der Waals surface area (Å²) in [4.78, 5) is 59.8. The Morgan fingerprint density at radius 2 is 1.82 bits per heavy atom. The fraction of sp³-hybridized carbons (Fsp3) is 0.645. The lowest BCUT2D eigenvalue weighted by molar-refractivity contribution is -0.141. The number of alkyl carbamates (subject to hydrolysis) is 1. The minimum absolute atomic E-state index is 0.0598. The van der Waals surface area contributed by atoms with Gasteiger partial charge in [0.1, 0.15) is 35.1 Å². The predicted octanol–water partition coefficient (Wildman–Crippen LogP) is 2.33. The number of nitrogens with one attached hydrogen (secondary N) is 3. The first-order valence-electron chi connectivity index (χ1n) is 15.7. The molecule has 1 saturated heterocycles. The Labute approximate surface area is 263 Å². The molecular formula is C31H43N5O8S. The second-order valence-electron chi connectivity index (χ2n) is 13.4. The molecule has 5 rings (SSSR count). The zero-order valence-corrected chi connectivity index (χ0v) is 26.8. The third-order valence-electron chi connectivity index (χ3n) is 8.49. The summed E-state index contributed by atoms with van der Waals surface area (Å²) in [6.07, 6.45) is 10.3. The Morgan fingerprint density at radius 1 is 1.09 bits per heavy atom. The molecule has 5 atom stereocenters. The van der Waals surface area contributed by atoms with Gasteiger partial charge in [0, 0.05) is 24.7 Å². The molecule has 0 radical (unpaired) electrons. The molecule has 45 heavy (non-hydrogen) atoms. The van der Waals surface area contributed by atoms with Crippen LogP contribution < -0.4 is 20.1 Å². The second-order valence-corrected chi connectivity index (χ2v) is 15.3. The van der Waals surface area contributed by atoms with Crippen molar-refractivity contribution in [2.45, 2.75) is 113 Å². The molecule has 3 N–H and O–H groups in total. The van der Waals surface area contributed by atoms with Crippen LogP contribution in [0, 0.1) is 5.92 Å². The average Bonchev–Trinajstić information content (AvgIpc) is 3.88. The summed E-state index contributed by atoms with van der Waals surface area (Å²) in [7, 11) is -3.85. The second kappa shape index (κ2) is 13.0. The Hall–Kier alpha value is -3.68. The molecule has 246 valence electrons. The summed E-state index contributed by atoms with van der Waals surface area (Å²) in [5.74, 6) is -1.70. The van der Waals surface area contributed by atoms with E-state index < -0.39 is 74.3 Å². The number of hydrogen-bond donors (Lipinski definition) is 3. The van der Waals surface area contributed by atoms with Crippen molar-refractivity contribution in [1.29, 1.82) is 0 Å². The Balaban J connectivity index is 1.42. The van der Waals surface area contributed by atoms with Crippen molar-refractivity contribution in [3.05, 3.63) is 36.7 Å². The summed E-state index contributed by atoms with van der Waals surface area (Å²) >= 11 is 0. The molecule has 1 aromatic heterocycles. The van der Waals surface area contributed by atoms with Crippen LogP contribution in [0.3, 0.4) is 0 Å². The molecule has 4 aliphatic rings. The van der Waals surface area contributed by atoms with Crippen molar-refractivity contribution >= 4 is 33.8 Å². The molecule has 3 heterocycles. The van der Waals surface area contributed by atoms with Gasteiger partial charge in [-0.1, -0.05) is 25.0 Å². The van der Waals surface area contributed by atoms with Crippen LogP contribution in [-0.2, 0) is 29.1 Å². The molecule has 0 spiro atoms. The van der Waals surface area contributed by atoms with Gasteiger partial charge in [-0.3, -0.25) is 24.1 Å². The van der Waals surface area contributed by atoms with E-state index in [0.29, 0.717) is 37.9 Å². The smallest absolute Gasteiger partial charge is 0.408 e. The lowest BCUT2D eigenvalue weighted by Gasteiger charge is -2.30. The zero-order chi connectivity index (χ0) is 32.4. The predicted molar refractivity (Wildman–Crippen MR) is 163 cm³/mol. The van der Waals surface area contributed by atoms with Crippen LogP contribution in [-0.4, -0.2) is 83.2 Å². The number of nitrogens with zero attached hydrogens (tertiary/aromatic N) is 2. The number of pyridine rings is 1. The van der Waals surface area contributed by atoms with Crippen molar-refractivity contribution in [2.75, 3.05) is 6.54 Å². The number of carbonyl (C=O) groups excluding carboxylic acids is 4. The van der Waals surface area contributed by atoms with Gasteiger partial charge >= 0.3 is 6.09 Å². The van der Waals surface area contributed by atoms with E-state index in [9.17, 15) is 27.6 Å². The van der Waals surface area contributed by atoms with Crippen molar-refractivity contribution in [2.24, 2.45) is 5.92 Å². The number of rotatable bonds is 6. The Bertz CT molecular complexity index is 1420. The van der Waals surface area contributed by atoms with Crippen LogP contribution in [0.1, 0.15) is 78.6 Å². The average molecular weight is 646 g/mol. The number of ether oxygens (including phenoxy) is 2. The fourth-order valence-electron chi connectivity index (χ4n) is 5.91. The van der Waals surface area contributed by atoms with Crippen LogP contribution in [0.5, 0.6) is 5.75 Å². The van der Waals surface area contributed by atoms with Crippen molar-refractivity contribution in [3.63, 3.8) is 0 Å². The van der Waals surface area contributed by atoms with E-state index in [1.165, 1.54) is 4.90 Å². The van der Waals surface area contributed by atoms with E-state index in [4.69, 9.17) is 9.47 Å². The summed E-state index contributed by atoms with van der Waals surface area (Å²) in [6, 6.07) is 1.36. The summed E-state index contributed by atoms with van der Waals surface area (Å²) in [6.45, 7) is 5.25. The van der Waals surface area contributed by atoms with Gasteiger partial charge < -0.3 is 25.0 Å². The summed E-state index contributed by atoms with van der Waals surface area (Å²) in [5.41, 5.74) is -2.23. The van der Waals surface area contributed by atoms with Crippen LogP contribution in [0.15, 0.2) is 36.7 Å². The quantitative estimate of drug-likeness (QED) is 0.393. The number of fused-ring (bicyclic) bond motifs is 2. The standard InChI is InChI=1S/C31H43N5O8S/c1-30(2,3)44-29(40)33-24-10-8-6-4-5-7-9-20-18-31(20,28(39)35-45(41,42)23-11-12-23)34-26(37)25-17-22(19-36(25)27(24)38)43-21-13-15-32-16-14-21/h7,9,13-16,20,22-25H,4-6,8,10-12,17-19H2,1-3H3,(H,33,40)(H,34,37)(H,35,39)/b9-7-/t20?,22-,24+,25+,31-/m1/s1. The number of allylic oxidation sites excluding steroid dienone is 1. The summed E-state index contributed by atoms with van der Waals surface area (Å²) < 4.78 is 39.1. The van der Waals surface area contributed by atoms with Crippen LogP contribution >= 0.6 is 0 Å². The topological polar surface area (TPSA) is 173 Å². The van der Waals surface area contributed by atoms with E-state index in [1.807, 2.05) is 12.2 Å². The first kappa shape index (κ1) is 32.7. The first-order chi connectivity index (χ1) is 21.3. The largest absolute Gasteiger partial charge is 0.488 e. The van der Waals surface area contributed by atoms with E-state index in [2.05, 4.69) is 20.3 Å². The Morgan fingerprint density at radius 3 is 2.51 bits per heavy atom. The maximum atomic E-state index is 14.1. The molecule has 2 saturated carbocycles. The molecule has 3 fully saturated rings. The van der Waals surface area contributed by atoms with E-state index >= 15 is 0 Å². The number of carbonyl (C=O) groups is 4. The Kier molecular flexibility index (Phi) is 9.43. The number of aromatic nitrogens is 1. The number of hydrogen-bond acceptors (Lipinski definition) is 9. The van der Waals surface area contributed by atoms with Gasteiger partial charge in [-0.05, 0) is 71.4 Å². The fourth-order valence-corrected chi connectivity index (χ4v) is 7.27. The van der Waals surface area contributed by atoms with Gasteiger partial charge in [-0.25, -0.2) is 13.2 Å².